The molecule has 3 nitrogen and oxygen atoms in total. The fraction of sp³-hybridized carbons (Fsp3) is 0.0213. The molecule has 3 heterocycles. The molecule has 1 aliphatic rings. The Morgan fingerprint density at radius 1 is 0.420 bits per heavy atom. The van der Waals surface area contributed by atoms with Crippen LogP contribution < -0.4 is 4.74 Å². The predicted octanol–water partition coefficient (Wildman–Crippen LogP) is 11.8. The van der Waals surface area contributed by atoms with Gasteiger partial charge in [-0.05, 0) is 57.3 Å². The largest absolute Gasteiger partial charge is 0.457 e. The van der Waals surface area contributed by atoms with Crippen LogP contribution in [-0.2, 0) is 5.41 Å². The number of pyridine rings is 2. The Kier molecular flexibility index (Phi) is 6.40. The molecule has 50 heavy (non-hydrogen) atoms. The fourth-order valence-electron chi connectivity index (χ4n) is 8.12. The van der Waals surface area contributed by atoms with E-state index in [1.165, 1.54) is 11.1 Å². The van der Waals surface area contributed by atoms with Crippen LogP contribution in [0.15, 0.2) is 182 Å². The molecule has 0 saturated carbocycles. The molecule has 0 bridgehead atoms. The molecule has 7 aromatic carbocycles. The quantitative estimate of drug-likeness (QED) is 0.180. The summed E-state index contributed by atoms with van der Waals surface area (Å²) in [5, 5.41) is 4.47. The summed E-state index contributed by atoms with van der Waals surface area (Å²) in [6.45, 7) is 0. The summed E-state index contributed by atoms with van der Waals surface area (Å²) in [7, 11) is 0. The van der Waals surface area contributed by atoms with Gasteiger partial charge in [-0.2, -0.15) is 0 Å². The molecular formula is C47H30N2O. The lowest BCUT2D eigenvalue weighted by molar-refractivity contribution is 0.435. The summed E-state index contributed by atoms with van der Waals surface area (Å²) in [6.07, 6.45) is 1.84. The topological polar surface area (TPSA) is 35.0 Å². The highest BCUT2D eigenvalue weighted by Gasteiger charge is 2.46. The number of fused-ring (bicyclic) bond motifs is 6. The van der Waals surface area contributed by atoms with Crippen LogP contribution in [0, 0.1) is 0 Å². The Balaban J connectivity index is 1.26. The van der Waals surface area contributed by atoms with Crippen molar-refractivity contribution in [1.82, 2.24) is 9.97 Å². The summed E-state index contributed by atoms with van der Waals surface area (Å²) in [5.74, 6) is 1.73. The minimum absolute atomic E-state index is 0.628. The molecular weight excluding hydrogens is 609 g/mol. The first kappa shape index (κ1) is 28.4. The van der Waals surface area contributed by atoms with Gasteiger partial charge < -0.3 is 4.74 Å². The molecule has 1 aliphatic heterocycles. The van der Waals surface area contributed by atoms with Gasteiger partial charge in [0.1, 0.15) is 11.5 Å². The van der Waals surface area contributed by atoms with Crippen molar-refractivity contribution in [3.8, 4) is 33.9 Å². The summed E-state index contributed by atoms with van der Waals surface area (Å²) in [5.41, 5.74) is 10.1. The lowest BCUT2D eigenvalue weighted by atomic mass is 9.62. The zero-order chi connectivity index (χ0) is 33.1. The Bertz CT molecular complexity index is 2700. The summed E-state index contributed by atoms with van der Waals surface area (Å²) in [6, 6.07) is 62.5. The van der Waals surface area contributed by atoms with E-state index < -0.39 is 5.41 Å². The van der Waals surface area contributed by atoms with Crippen molar-refractivity contribution in [3.63, 3.8) is 0 Å². The lowest BCUT2D eigenvalue weighted by Gasteiger charge is -2.42. The Hall–Kier alpha value is -6.58. The highest BCUT2D eigenvalue weighted by molar-refractivity contribution is 6.07. The van der Waals surface area contributed by atoms with E-state index in [4.69, 9.17) is 14.7 Å². The Morgan fingerprint density at radius 3 is 1.82 bits per heavy atom. The number of hydrogen-bond acceptors (Lipinski definition) is 3. The second-order valence-electron chi connectivity index (χ2n) is 12.9. The van der Waals surface area contributed by atoms with Gasteiger partial charge in [0, 0.05) is 33.7 Å². The number of ether oxygens (including phenoxy) is 1. The molecule has 0 fully saturated rings. The monoisotopic (exact) mass is 638 g/mol. The van der Waals surface area contributed by atoms with Crippen molar-refractivity contribution in [2.24, 2.45) is 0 Å². The Labute approximate surface area is 290 Å². The molecule has 0 atom stereocenters. The smallest absolute Gasteiger partial charge is 0.132 e. The SMILES string of the molecule is c1ccc(C2(c3ccccc3)c3ccccc3Oc3cccc(-c4ccc(-c5ccc6ccc7cccnc7c6n5)c5ccccc45)c32)cc1. The summed E-state index contributed by atoms with van der Waals surface area (Å²) < 4.78 is 6.80. The van der Waals surface area contributed by atoms with Crippen LogP contribution >= 0.6 is 0 Å². The van der Waals surface area contributed by atoms with Crippen LogP contribution in [0.5, 0.6) is 11.5 Å². The highest BCUT2D eigenvalue weighted by Crippen LogP contribution is 2.58. The van der Waals surface area contributed by atoms with E-state index in [1.807, 2.05) is 12.3 Å². The average molecular weight is 639 g/mol. The van der Waals surface area contributed by atoms with E-state index in [9.17, 15) is 0 Å². The first-order valence-electron chi connectivity index (χ1n) is 17.0. The van der Waals surface area contributed by atoms with Crippen molar-refractivity contribution in [2.75, 3.05) is 0 Å². The molecule has 0 spiro atoms. The van der Waals surface area contributed by atoms with E-state index in [1.54, 1.807) is 0 Å². The highest BCUT2D eigenvalue weighted by atomic mass is 16.5. The lowest BCUT2D eigenvalue weighted by Crippen LogP contribution is -2.34. The number of aromatic nitrogens is 2. The normalized spacial score (nSPS) is 13.1. The molecule has 2 aromatic heterocycles. The van der Waals surface area contributed by atoms with Crippen molar-refractivity contribution < 1.29 is 4.74 Å². The van der Waals surface area contributed by atoms with Crippen LogP contribution in [0.2, 0.25) is 0 Å². The maximum atomic E-state index is 6.80. The maximum absolute atomic E-state index is 6.80. The van der Waals surface area contributed by atoms with Gasteiger partial charge in [-0.15, -0.1) is 0 Å². The molecule has 9 aromatic rings. The second-order valence-corrected chi connectivity index (χ2v) is 12.9. The molecule has 10 rings (SSSR count). The number of benzene rings is 7. The van der Waals surface area contributed by atoms with Gasteiger partial charge in [0.05, 0.1) is 22.1 Å². The standard InChI is InChI=1S/C47H30N2O/c1-3-14-33(15-4-1)47(34-16-5-2-6-17-34)40-21-9-10-22-42(40)50-43-23-11-20-39(44(43)47)37-27-28-38(36-19-8-7-18-35(36)37)41-29-26-32-25-24-31-13-12-30-48-45(31)46(32)49-41/h1-30H. The van der Waals surface area contributed by atoms with Crippen LogP contribution in [-0.4, -0.2) is 9.97 Å². The Morgan fingerprint density at radius 2 is 1.04 bits per heavy atom. The van der Waals surface area contributed by atoms with Crippen molar-refractivity contribution in [2.45, 2.75) is 5.41 Å². The van der Waals surface area contributed by atoms with E-state index in [-0.39, 0.29) is 0 Å². The van der Waals surface area contributed by atoms with Crippen LogP contribution in [0.3, 0.4) is 0 Å². The first-order valence-corrected chi connectivity index (χ1v) is 17.0. The number of nitrogens with zero attached hydrogens (tertiary/aromatic N) is 2. The van der Waals surface area contributed by atoms with Gasteiger partial charge in [-0.3, -0.25) is 4.98 Å². The predicted molar refractivity (Wildman–Crippen MR) is 204 cm³/mol. The third-order valence-corrected chi connectivity index (χ3v) is 10.2. The molecule has 0 unspecified atom stereocenters. The maximum Gasteiger partial charge on any atom is 0.132 e. The van der Waals surface area contributed by atoms with Crippen LogP contribution in [0.25, 0.3) is 55.0 Å². The van der Waals surface area contributed by atoms with Crippen molar-refractivity contribution in [1.29, 1.82) is 0 Å². The minimum atomic E-state index is -0.628. The zero-order valence-electron chi connectivity index (χ0n) is 27.1. The second kappa shape index (κ2) is 11.3. The molecule has 0 saturated heterocycles. The molecule has 0 amide bonds. The van der Waals surface area contributed by atoms with Gasteiger partial charge in [0.2, 0.25) is 0 Å². The molecule has 0 N–H and O–H groups in total. The van der Waals surface area contributed by atoms with Gasteiger partial charge in [0.25, 0.3) is 0 Å². The van der Waals surface area contributed by atoms with E-state index in [2.05, 4.69) is 170 Å². The van der Waals surface area contributed by atoms with Crippen molar-refractivity contribution in [3.05, 3.63) is 204 Å². The average Bonchev–Trinajstić information content (AvgIpc) is 3.20. The molecule has 3 heteroatoms. The van der Waals surface area contributed by atoms with Gasteiger partial charge >= 0.3 is 0 Å². The first-order chi connectivity index (χ1) is 24.8. The fourth-order valence-corrected chi connectivity index (χ4v) is 8.12. The summed E-state index contributed by atoms with van der Waals surface area (Å²) in [4.78, 5) is 9.95. The number of para-hydroxylation sites is 1. The minimum Gasteiger partial charge on any atom is -0.457 e. The van der Waals surface area contributed by atoms with Crippen molar-refractivity contribution >= 4 is 32.6 Å². The van der Waals surface area contributed by atoms with E-state index >= 15 is 0 Å². The van der Waals surface area contributed by atoms with Gasteiger partial charge in [-0.25, -0.2) is 4.98 Å². The molecule has 0 aliphatic carbocycles. The van der Waals surface area contributed by atoms with E-state index in [0.717, 1.165) is 77.6 Å². The van der Waals surface area contributed by atoms with E-state index in [0.29, 0.717) is 0 Å². The summed E-state index contributed by atoms with van der Waals surface area (Å²) >= 11 is 0. The van der Waals surface area contributed by atoms with Gasteiger partial charge in [-0.1, -0.05) is 152 Å². The number of rotatable bonds is 4. The third kappa shape index (κ3) is 4.17. The zero-order valence-corrected chi connectivity index (χ0v) is 27.1. The molecule has 234 valence electrons. The van der Waals surface area contributed by atoms with Crippen LogP contribution in [0.1, 0.15) is 22.3 Å². The third-order valence-electron chi connectivity index (χ3n) is 10.2. The number of hydrogen-bond donors (Lipinski definition) is 0. The van der Waals surface area contributed by atoms with Gasteiger partial charge in [0.15, 0.2) is 0 Å². The van der Waals surface area contributed by atoms with Crippen LogP contribution in [0.4, 0.5) is 0 Å². The molecule has 0 radical (unpaired) electrons.